The first kappa shape index (κ1) is 16.5. The molecule has 2 aliphatic heterocycles. The number of anilines is 1. The predicted molar refractivity (Wildman–Crippen MR) is 96.8 cm³/mol. The molecule has 2 saturated heterocycles. The lowest BCUT2D eigenvalue weighted by Gasteiger charge is -2.25. The number of hydrogen-bond donors (Lipinski definition) is 1. The van der Waals surface area contributed by atoms with Gasteiger partial charge in [0, 0.05) is 37.0 Å². The maximum absolute atomic E-state index is 12.7. The molecule has 1 amide bonds. The van der Waals surface area contributed by atoms with Crippen molar-refractivity contribution in [2.24, 2.45) is 11.3 Å². The monoisotopic (exact) mass is 352 g/mol. The number of nitrogens with zero attached hydrogens (tertiary/aromatic N) is 4. The van der Waals surface area contributed by atoms with Crippen LogP contribution in [0.1, 0.15) is 5.69 Å². The lowest BCUT2D eigenvalue weighted by atomic mass is 9.81. The summed E-state index contributed by atoms with van der Waals surface area (Å²) in [6.45, 7) is 6.70. The molecule has 0 spiro atoms. The molecule has 0 bridgehead atoms. The van der Waals surface area contributed by atoms with Crippen LogP contribution in [0.2, 0.25) is 0 Å². The van der Waals surface area contributed by atoms with Crippen molar-refractivity contribution in [1.82, 2.24) is 15.1 Å². The minimum Gasteiger partial charge on any atom is -0.481 e. The molecular formula is C19H20N4O3. The number of aliphatic carboxylic acids is 1. The minimum absolute atomic E-state index is 0.126. The zero-order chi connectivity index (χ0) is 18.5. The van der Waals surface area contributed by atoms with Crippen LogP contribution in [0.25, 0.3) is 10.8 Å². The van der Waals surface area contributed by atoms with Gasteiger partial charge in [-0.05, 0) is 6.92 Å². The van der Waals surface area contributed by atoms with Gasteiger partial charge < -0.3 is 14.9 Å². The van der Waals surface area contributed by atoms with E-state index in [-0.39, 0.29) is 19.0 Å². The maximum Gasteiger partial charge on any atom is 0.314 e. The minimum atomic E-state index is -1.12. The number of rotatable bonds is 4. The molecule has 2 unspecified atom stereocenters. The molecule has 26 heavy (non-hydrogen) atoms. The van der Waals surface area contributed by atoms with Crippen LogP contribution in [0, 0.1) is 18.3 Å². The van der Waals surface area contributed by atoms with Crippen LogP contribution in [0.15, 0.2) is 36.9 Å². The molecule has 2 aliphatic rings. The highest BCUT2D eigenvalue weighted by molar-refractivity contribution is 5.97. The van der Waals surface area contributed by atoms with Crippen molar-refractivity contribution in [1.29, 1.82) is 0 Å². The molecule has 0 aliphatic carbocycles. The van der Waals surface area contributed by atoms with E-state index in [1.54, 1.807) is 11.0 Å². The van der Waals surface area contributed by atoms with Gasteiger partial charge in [0.25, 0.3) is 0 Å². The maximum atomic E-state index is 12.7. The zero-order valence-electron chi connectivity index (χ0n) is 14.6. The number of amides is 1. The summed E-state index contributed by atoms with van der Waals surface area (Å²) in [6.07, 6.45) is 1.63. The van der Waals surface area contributed by atoms with Crippen molar-refractivity contribution >= 4 is 28.5 Å². The van der Waals surface area contributed by atoms with E-state index in [0.29, 0.717) is 18.9 Å². The molecule has 1 aromatic carbocycles. The van der Waals surface area contributed by atoms with E-state index >= 15 is 0 Å². The average Bonchev–Trinajstić information content (AvgIpc) is 3.13. The first-order valence-corrected chi connectivity index (χ1v) is 8.58. The van der Waals surface area contributed by atoms with E-state index in [1.807, 2.05) is 36.1 Å². The number of likely N-dealkylation sites (tertiary alicyclic amines) is 1. The first-order chi connectivity index (χ1) is 12.5. The Kier molecular flexibility index (Phi) is 3.68. The molecule has 2 aromatic rings. The first-order valence-electron chi connectivity index (χ1n) is 8.58. The van der Waals surface area contributed by atoms with Crippen LogP contribution in [0.3, 0.4) is 0 Å². The number of benzene rings is 1. The number of aryl methyl sites for hydroxylation is 1. The third-order valence-corrected chi connectivity index (χ3v) is 5.55. The molecule has 1 N–H and O–H groups in total. The van der Waals surface area contributed by atoms with Gasteiger partial charge in [0.15, 0.2) is 5.82 Å². The fraction of sp³-hybridized carbons (Fsp3) is 0.368. The summed E-state index contributed by atoms with van der Waals surface area (Å²) in [6, 6.07) is 7.80. The molecular weight excluding hydrogens is 332 g/mol. The average molecular weight is 352 g/mol. The second-order valence-electron chi connectivity index (χ2n) is 7.06. The van der Waals surface area contributed by atoms with Crippen LogP contribution < -0.4 is 4.90 Å². The third kappa shape index (κ3) is 2.20. The summed E-state index contributed by atoms with van der Waals surface area (Å²) >= 11 is 0. The molecule has 2 fully saturated rings. The molecule has 7 heteroatoms. The summed E-state index contributed by atoms with van der Waals surface area (Å²) in [4.78, 5) is 28.3. The Morgan fingerprint density at radius 3 is 2.73 bits per heavy atom. The van der Waals surface area contributed by atoms with E-state index in [0.717, 1.165) is 16.5 Å². The van der Waals surface area contributed by atoms with E-state index in [1.165, 1.54) is 0 Å². The summed E-state index contributed by atoms with van der Waals surface area (Å²) in [5.41, 5.74) is -0.293. The van der Waals surface area contributed by atoms with Gasteiger partial charge in [-0.2, -0.15) is 5.10 Å². The van der Waals surface area contributed by atoms with Crippen molar-refractivity contribution < 1.29 is 14.7 Å². The van der Waals surface area contributed by atoms with Crippen molar-refractivity contribution in [3.63, 3.8) is 0 Å². The smallest absolute Gasteiger partial charge is 0.314 e. The highest BCUT2D eigenvalue weighted by Crippen LogP contribution is 2.45. The Morgan fingerprint density at radius 2 is 2.08 bits per heavy atom. The van der Waals surface area contributed by atoms with Gasteiger partial charge >= 0.3 is 5.97 Å². The summed E-state index contributed by atoms with van der Waals surface area (Å²) in [5.74, 6) is -1.00. The highest BCUT2D eigenvalue weighted by Gasteiger charge is 2.62. The Labute approximate surface area is 150 Å². The molecule has 0 radical (unpaired) electrons. The number of carboxylic acid groups (broad SMARTS) is 1. The predicted octanol–water partition coefficient (Wildman–Crippen LogP) is 1.47. The fourth-order valence-corrected chi connectivity index (χ4v) is 4.24. The second kappa shape index (κ2) is 5.79. The Hall–Kier alpha value is -2.96. The highest BCUT2D eigenvalue weighted by atomic mass is 16.4. The van der Waals surface area contributed by atoms with Crippen molar-refractivity contribution in [3.05, 3.63) is 42.6 Å². The van der Waals surface area contributed by atoms with Crippen molar-refractivity contribution in [2.45, 2.75) is 6.92 Å². The normalized spacial score (nSPS) is 25.0. The molecule has 4 rings (SSSR count). The molecule has 7 nitrogen and oxygen atoms in total. The topological polar surface area (TPSA) is 86.6 Å². The quantitative estimate of drug-likeness (QED) is 0.839. The van der Waals surface area contributed by atoms with Gasteiger partial charge in [-0.25, -0.2) is 0 Å². The molecule has 0 saturated carbocycles. The SMILES string of the molecule is C=CCN1CC2(C(=O)O)CN(c3nnc(C)c4ccccc34)CC2C1=O. The lowest BCUT2D eigenvalue weighted by molar-refractivity contribution is -0.149. The molecule has 2 atom stereocenters. The third-order valence-electron chi connectivity index (χ3n) is 5.55. The number of aromatic nitrogens is 2. The van der Waals surface area contributed by atoms with Gasteiger partial charge in [0.05, 0.1) is 11.6 Å². The summed E-state index contributed by atoms with van der Waals surface area (Å²) < 4.78 is 0. The van der Waals surface area contributed by atoms with E-state index in [4.69, 9.17) is 0 Å². The molecule has 3 heterocycles. The van der Waals surface area contributed by atoms with E-state index in [9.17, 15) is 14.7 Å². The van der Waals surface area contributed by atoms with Gasteiger partial charge in [-0.15, -0.1) is 11.7 Å². The Bertz CT molecular complexity index is 928. The standard InChI is InChI=1S/C19H20N4O3/c1-3-8-22-10-19(18(25)26)11-23(9-15(19)17(22)24)16-14-7-5-4-6-13(14)12(2)20-21-16/h3-7,15H,1,8-11H2,2H3,(H,25,26). The van der Waals surface area contributed by atoms with Crippen LogP contribution in [0.4, 0.5) is 5.82 Å². The van der Waals surface area contributed by atoms with Crippen LogP contribution in [-0.2, 0) is 9.59 Å². The van der Waals surface area contributed by atoms with Gasteiger partial charge in [0.1, 0.15) is 5.41 Å². The van der Waals surface area contributed by atoms with Crippen LogP contribution in [-0.4, -0.2) is 58.3 Å². The van der Waals surface area contributed by atoms with Gasteiger partial charge in [0.2, 0.25) is 5.91 Å². The largest absolute Gasteiger partial charge is 0.481 e. The number of fused-ring (bicyclic) bond motifs is 2. The number of carbonyl (C=O) groups is 2. The van der Waals surface area contributed by atoms with Gasteiger partial charge in [-0.3, -0.25) is 9.59 Å². The summed E-state index contributed by atoms with van der Waals surface area (Å²) in [7, 11) is 0. The Balaban J connectivity index is 1.75. The van der Waals surface area contributed by atoms with E-state index in [2.05, 4.69) is 16.8 Å². The number of hydrogen-bond acceptors (Lipinski definition) is 5. The number of carboxylic acids is 1. The van der Waals surface area contributed by atoms with E-state index < -0.39 is 17.3 Å². The number of carbonyl (C=O) groups excluding carboxylic acids is 1. The van der Waals surface area contributed by atoms with Crippen molar-refractivity contribution in [2.75, 3.05) is 31.1 Å². The molecule has 134 valence electrons. The summed E-state index contributed by atoms with van der Waals surface area (Å²) in [5, 5.41) is 20.4. The van der Waals surface area contributed by atoms with Crippen LogP contribution >= 0.6 is 0 Å². The zero-order valence-corrected chi connectivity index (χ0v) is 14.6. The van der Waals surface area contributed by atoms with Crippen molar-refractivity contribution in [3.8, 4) is 0 Å². The lowest BCUT2D eigenvalue weighted by Crippen LogP contribution is -2.41. The van der Waals surface area contributed by atoms with Gasteiger partial charge in [-0.1, -0.05) is 30.3 Å². The molecule has 1 aromatic heterocycles. The second-order valence-corrected chi connectivity index (χ2v) is 7.06. The Morgan fingerprint density at radius 1 is 1.35 bits per heavy atom. The fourth-order valence-electron chi connectivity index (χ4n) is 4.24. The van der Waals surface area contributed by atoms with Crippen LogP contribution in [0.5, 0.6) is 0 Å².